The third-order valence-electron chi connectivity index (χ3n) is 5.14. The van der Waals surface area contributed by atoms with E-state index in [-0.39, 0.29) is 11.3 Å². The molecule has 2 amide bonds. The van der Waals surface area contributed by atoms with Crippen LogP contribution >= 0.6 is 0 Å². The Balaban J connectivity index is 1.84. The smallest absolute Gasteiger partial charge is 0.282 e. The van der Waals surface area contributed by atoms with Crippen LogP contribution in [-0.4, -0.2) is 26.0 Å². The molecule has 0 aromatic heterocycles. The van der Waals surface area contributed by atoms with Gasteiger partial charge < -0.3 is 14.8 Å². The molecule has 4 rings (SSSR count). The van der Waals surface area contributed by atoms with Gasteiger partial charge in [0.2, 0.25) is 0 Å². The van der Waals surface area contributed by atoms with Crippen molar-refractivity contribution in [3.8, 4) is 17.6 Å². The Morgan fingerprint density at radius 2 is 1.61 bits per heavy atom. The van der Waals surface area contributed by atoms with Crippen LogP contribution in [0.4, 0.5) is 15.8 Å². The topological polar surface area (TPSA) is 91.7 Å². The van der Waals surface area contributed by atoms with Gasteiger partial charge >= 0.3 is 0 Å². The third-order valence-corrected chi connectivity index (χ3v) is 5.14. The lowest BCUT2D eigenvalue weighted by atomic mass is 10.0. The number of nitrogens with one attached hydrogen (secondary N) is 1. The summed E-state index contributed by atoms with van der Waals surface area (Å²) in [7, 11) is 2.98. The van der Waals surface area contributed by atoms with Crippen LogP contribution in [0.5, 0.6) is 11.5 Å². The number of halogens is 1. The Bertz CT molecular complexity index is 1310. The monoisotopic (exact) mass is 443 g/mol. The molecule has 0 bridgehead atoms. The van der Waals surface area contributed by atoms with E-state index in [1.807, 2.05) is 6.07 Å². The number of carbonyl (C=O) groups excluding carboxylic acids is 2. The Kier molecular flexibility index (Phi) is 5.79. The lowest BCUT2D eigenvalue weighted by Gasteiger charge is -2.16. The average Bonchev–Trinajstić information content (AvgIpc) is 3.08. The van der Waals surface area contributed by atoms with E-state index in [9.17, 15) is 14.0 Å². The minimum absolute atomic E-state index is 0.00233. The fourth-order valence-electron chi connectivity index (χ4n) is 3.50. The Hall–Kier alpha value is -4.64. The number of methoxy groups -OCH3 is 2. The van der Waals surface area contributed by atoms with Gasteiger partial charge in [-0.05, 0) is 54.1 Å². The summed E-state index contributed by atoms with van der Waals surface area (Å²) in [4.78, 5) is 27.9. The van der Waals surface area contributed by atoms with Crippen molar-refractivity contribution in [1.82, 2.24) is 0 Å². The summed E-state index contributed by atoms with van der Waals surface area (Å²) in [6.45, 7) is 0. The second-order valence-electron chi connectivity index (χ2n) is 7.05. The highest BCUT2D eigenvalue weighted by Crippen LogP contribution is 2.37. The second kappa shape index (κ2) is 8.85. The number of rotatable bonds is 6. The van der Waals surface area contributed by atoms with E-state index in [0.717, 1.165) is 4.90 Å². The number of imide groups is 1. The fraction of sp³-hybridized carbons (Fsp3) is 0.0800. The number of hydrogen-bond donors (Lipinski definition) is 1. The molecule has 1 aliphatic rings. The van der Waals surface area contributed by atoms with Crippen LogP contribution in [0.2, 0.25) is 0 Å². The number of nitrogens with zero attached hydrogens (tertiary/aromatic N) is 2. The number of amides is 2. The quantitative estimate of drug-likeness (QED) is 0.577. The molecule has 0 saturated heterocycles. The highest BCUT2D eigenvalue weighted by atomic mass is 19.1. The summed E-state index contributed by atoms with van der Waals surface area (Å²) in [5.74, 6) is -0.708. The molecule has 3 aromatic carbocycles. The van der Waals surface area contributed by atoms with Gasteiger partial charge in [0, 0.05) is 6.07 Å². The maximum absolute atomic E-state index is 13.5. The van der Waals surface area contributed by atoms with E-state index in [1.54, 1.807) is 18.2 Å². The van der Waals surface area contributed by atoms with Gasteiger partial charge in [-0.3, -0.25) is 9.59 Å². The maximum atomic E-state index is 13.5. The summed E-state index contributed by atoms with van der Waals surface area (Å²) in [5.41, 5.74) is 1.56. The van der Waals surface area contributed by atoms with Crippen molar-refractivity contribution in [3.63, 3.8) is 0 Å². The van der Waals surface area contributed by atoms with Crippen LogP contribution in [0.1, 0.15) is 11.1 Å². The summed E-state index contributed by atoms with van der Waals surface area (Å²) >= 11 is 0. The predicted molar refractivity (Wildman–Crippen MR) is 120 cm³/mol. The standard InChI is InChI=1S/C25H18FN3O4/c1-32-19-11-12-21(33-2)20(13-19)28-23-22(16-5-7-17(26)8-6-16)24(30)29(25(23)31)18-9-3-15(14-27)4-10-18/h3-13,28H,1-2H3. The average molecular weight is 443 g/mol. The van der Waals surface area contributed by atoms with Crippen molar-refractivity contribution in [2.75, 3.05) is 24.4 Å². The first-order valence-electron chi connectivity index (χ1n) is 9.85. The van der Waals surface area contributed by atoms with Crippen LogP contribution < -0.4 is 19.7 Å². The molecule has 0 fully saturated rings. The molecule has 7 nitrogen and oxygen atoms in total. The third kappa shape index (κ3) is 4.00. The first-order valence-corrected chi connectivity index (χ1v) is 9.85. The van der Waals surface area contributed by atoms with Gasteiger partial charge in [-0.25, -0.2) is 9.29 Å². The summed E-state index contributed by atoms with van der Waals surface area (Å²) in [6, 6.07) is 18.4. The minimum atomic E-state index is -0.603. The largest absolute Gasteiger partial charge is 0.497 e. The van der Waals surface area contributed by atoms with Crippen LogP contribution in [0.3, 0.4) is 0 Å². The van der Waals surface area contributed by atoms with Gasteiger partial charge in [-0.2, -0.15) is 5.26 Å². The zero-order valence-electron chi connectivity index (χ0n) is 17.8. The lowest BCUT2D eigenvalue weighted by molar-refractivity contribution is -0.120. The molecule has 0 aliphatic carbocycles. The summed E-state index contributed by atoms with van der Waals surface area (Å²) in [6.07, 6.45) is 0. The highest BCUT2D eigenvalue weighted by Gasteiger charge is 2.40. The van der Waals surface area contributed by atoms with Crippen LogP contribution in [-0.2, 0) is 9.59 Å². The van der Waals surface area contributed by atoms with Gasteiger partial charge in [0.05, 0.1) is 42.8 Å². The van der Waals surface area contributed by atoms with E-state index in [4.69, 9.17) is 14.7 Å². The molecule has 8 heteroatoms. The van der Waals surface area contributed by atoms with Gasteiger partial charge in [-0.1, -0.05) is 12.1 Å². The van der Waals surface area contributed by atoms with Gasteiger partial charge in [0.1, 0.15) is 23.0 Å². The Morgan fingerprint density at radius 3 is 2.21 bits per heavy atom. The van der Waals surface area contributed by atoms with Crippen molar-refractivity contribution in [1.29, 1.82) is 5.26 Å². The number of benzene rings is 3. The van der Waals surface area contributed by atoms with Crippen molar-refractivity contribution >= 4 is 28.8 Å². The van der Waals surface area contributed by atoms with Crippen LogP contribution in [0.25, 0.3) is 5.57 Å². The van der Waals surface area contributed by atoms with Crippen LogP contribution in [0, 0.1) is 17.1 Å². The van der Waals surface area contributed by atoms with E-state index < -0.39 is 17.6 Å². The van der Waals surface area contributed by atoms with Gasteiger partial charge in [-0.15, -0.1) is 0 Å². The molecule has 33 heavy (non-hydrogen) atoms. The van der Waals surface area contributed by atoms with E-state index in [0.29, 0.717) is 34.0 Å². The molecule has 0 atom stereocenters. The van der Waals surface area contributed by atoms with E-state index in [2.05, 4.69) is 5.32 Å². The minimum Gasteiger partial charge on any atom is -0.497 e. The van der Waals surface area contributed by atoms with Crippen molar-refractivity contribution in [2.45, 2.75) is 0 Å². The number of nitriles is 1. The first kappa shape index (κ1) is 21.6. The van der Waals surface area contributed by atoms with E-state index in [1.165, 1.54) is 62.8 Å². The Morgan fingerprint density at radius 1 is 0.909 bits per heavy atom. The molecular weight excluding hydrogens is 425 g/mol. The zero-order chi connectivity index (χ0) is 23.5. The van der Waals surface area contributed by atoms with Gasteiger partial charge in [0.25, 0.3) is 11.8 Å². The van der Waals surface area contributed by atoms with Crippen molar-refractivity contribution in [3.05, 3.63) is 89.4 Å². The molecule has 0 spiro atoms. The molecule has 0 saturated carbocycles. The number of ether oxygens (including phenoxy) is 2. The molecule has 1 N–H and O–H groups in total. The normalized spacial score (nSPS) is 13.2. The second-order valence-corrected chi connectivity index (χ2v) is 7.05. The molecule has 1 heterocycles. The molecule has 1 aliphatic heterocycles. The van der Waals surface area contributed by atoms with E-state index >= 15 is 0 Å². The first-order chi connectivity index (χ1) is 16.0. The van der Waals surface area contributed by atoms with Gasteiger partial charge in [0.15, 0.2) is 0 Å². The summed E-state index contributed by atoms with van der Waals surface area (Å²) < 4.78 is 24.2. The molecular formula is C25H18FN3O4. The number of anilines is 2. The van der Waals surface area contributed by atoms with Crippen LogP contribution in [0.15, 0.2) is 72.4 Å². The lowest BCUT2D eigenvalue weighted by Crippen LogP contribution is -2.32. The molecule has 3 aromatic rings. The zero-order valence-corrected chi connectivity index (χ0v) is 17.8. The Labute approximate surface area is 189 Å². The SMILES string of the molecule is COc1ccc(OC)c(NC2=C(c3ccc(F)cc3)C(=O)N(c3ccc(C#N)cc3)C2=O)c1. The molecule has 0 unspecified atom stereocenters. The highest BCUT2D eigenvalue weighted by molar-refractivity contribution is 6.46. The number of carbonyl (C=O) groups is 2. The van der Waals surface area contributed by atoms with Crippen molar-refractivity contribution in [2.24, 2.45) is 0 Å². The predicted octanol–water partition coefficient (Wildman–Crippen LogP) is 4.11. The maximum Gasteiger partial charge on any atom is 0.282 e. The fourth-order valence-corrected chi connectivity index (χ4v) is 3.50. The molecule has 164 valence electrons. The van der Waals surface area contributed by atoms with Crippen molar-refractivity contribution < 1.29 is 23.5 Å². The molecule has 0 radical (unpaired) electrons. The summed E-state index contributed by atoms with van der Waals surface area (Å²) in [5, 5.41) is 12.1. The number of hydrogen-bond acceptors (Lipinski definition) is 6.